The maximum Gasteiger partial charge on any atom is 0.240 e. The summed E-state index contributed by atoms with van der Waals surface area (Å²) in [5.41, 5.74) is 1.39. The second-order valence-electron chi connectivity index (χ2n) is 5.20. The van der Waals surface area contributed by atoms with Crippen LogP contribution in [0, 0.1) is 5.82 Å². The SMILES string of the molecule is CCC(=O)Nc1ccc(S(=O)(=O)NCCc2ccc(F)cc2)cc1. The molecule has 2 rings (SSSR count). The number of amides is 1. The molecular weight excluding hydrogens is 331 g/mol. The van der Waals surface area contributed by atoms with Crippen LogP contribution in [0.3, 0.4) is 0 Å². The minimum absolute atomic E-state index is 0.121. The zero-order valence-electron chi connectivity index (χ0n) is 13.3. The predicted octanol–water partition coefficient (Wildman–Crippen LogP) is 2.70. The molecule has 7 heteroatoms. The van der Waals surface area contributed by atoms with E-state index < -0.39 is 10.0 Å². The Morgan fingerprint density at radius 3 is 2.25 bits per heavy atom. The third-order valence-electron chi connectivity index (χ3n) is 3.39. The van der Waals surface area contributed by atoms with Crippen LogP contribution >= 0.6 is 0 Å². The number of benzene rings is 2. The Balaban J connectivity index is 1.94. The molecule has 0 bridgehead atoms. The van der Waals surface area contributed by atoms with Crippen molar-refractivity contribution in [2.45, 2.75) is 24.7 Å². The lowest BCUT2D eigenvalue weighted by molar-refractivity contribution is -0.115. The average Bonchev–Trinajstić information content (AvgIpc) is 2.57. The molecule has 2 aromatic rings. The first-order chi connectivity index (χ1) is 11.4. The molecule has 5 nitrogen and oxygen atoms in total. The number of rotatable bonds is 7. The fourth-order valence-corrected chi connectivity index (χ4v) is 3.06. The van der Waals surface area contributed by atoms with Crippen LogP contribution in [0.5, 0.6) is 0 Å². The van der Waals surface area contributed by atoms with Crippen LogP contribution in [-0.4, -0.2) is 20.9 Å². The Labute approximate surface area is 141 Å². The number of sulfonamides is 1. The highest BCUT2D eigenvalue weighted by Crippen LogP contribution is 2.14. The van der Waals surface area contributed by atoms with Crippen LogP contribution in [0.2, 0.25) is 0 Å². The lowest BCUT2D eigenvalue weighted by Crippen LogP contribution is -2.26. The molecule has 0 heterocycles. The predicted molar refractivity (Wildman–Crippen MR) is 90.7 cm³/mol. The fourth-order valence-electron chi connectivity index (χ4n) is 2.03. The van der Waals surface area contributed by atoms with Crippen molar-refractivity contribution in [1.82, 2.24) is 4.72 Å². The monoisotopic (exact) mass is 350 g/mol. The second kappa shape index (κ2) is 8.03. The number of hydrogen-bond donors (Lipinski definition) is 2. The third-order valence-corrected chi connectivity index (χ3v) is 4.87. The molecule has 0 radical (unpaired) electrons. The van der Waals surface area contributed by atoms with Crippen LogP contribution in [-0.2, 0) is 21.2 Å². The highest BCUT2D eigenvalue weighted by Gasteiger charge is 2.13. The first kappa shape index (κ1) is 18.1. The van der Waals surface area contributed by atoms with E-state index in [2.05, 4.69) is 10.0 Å². The Kier molecular flexibility index (Phi) is 6.05. The summed E-state index contributed by atoms with van der Waals surface area (Å²) in [7, 11) is -3.63. The number of nitrogens with one attached hydrogen (secondary N) is 2. The summed E-state index contributed by atoms with van der Waals surface area (Å²) >= 11 is 0. The lowest BCUT2D eigenvalue weighted by atomic mass is 10.1. The minimum Gasteiger partial charge on any atom is -0.326 e. The average molecular weight is 350 g/mol. The van der Waals surface area contributed by atoms with Crippen molar-refractivity contribution in [3.05, 3.63) is 59.9 Å². The summed E-state index contributed by atoms with van der Waals surface area (Å²) in [6.07, 6.45) is 0.815. The van der Waals surface area contributed by atoms with Gasteiger partial charge in [0, 0.05) is 18.7 Å². The maximum absolute atomic E-state index is 12.8. The lowest BCUT2D eigenvalue weighted by Gasteiger charge is -2.08. The first-order valence-corrected chi connectivity index (χ1v) is 9.03. The summed E-state index contributed by atoms with van der Waals surface area (Å²) in [4.78, 5) is 11.4. The van der Waals surface area contributed by atoms with E-state index in [1.165, 1.54) is 24.3 Å². The largest absolute Gasteiger partial charge is 0.326 e. The number of hydrogen-bond acceptors (Lipinski definition) is 3. The maximum atomic E-state index is 12.8. The van der Waals surface area contributed by atoms with Gasteiger partial charge in [0.25, 0.3) is 0 Å². The van der Waals surface area contributed by atoms with Gasteiger partial charge in [-0.15, -0.1) is 0 Å². The summed E-state index contributed by atoms with van der Waals surface area (Å²) in [5, 5.41) is 2.65. The molecule has 2 N–H and O–H groups in total. The Bertz CT molecular complexity index is 788. The Morgan fingerprint density at radius 1 is 1.04 bits per heavy atom. The molecule has 128 valence electrons. The van der Waals surface area contributed by atoms with Crippen LogP contribution < -0.4 is 10.0 Å². The molecule has 24 heavy (non-hydrogen) atoms. The highest BCUT2D eigenvalue weighted by molar-refractivity contribution is 7.89. The zero-order chi connectivity index (χ0) is 17.6. The van der Waals surface area contributed by atoms with Gasteiger partial charge in [0.05, 0.1) is 4.90 Å². The molecule has 0 aliphatic heterocycles. The van der Waals surface area contributed by atoms with Gasteiger partial charge in [-0.05, 0) is 48.4 Å². The van der Waals surface area contributed by atoms with E-state index in [-0.39, 0.29) is 23.2 Å². The van der Waals surface area contributed by atoms with Gasteiger partial charge in [0.2, 0.25) is 15.9 Å². The van der Waals surface area contributed by atoms with Crippen LogP contribution in [0.15, 0.2) is 53.4 Å². The third kappa shape index (κ3) is 5.14. The van der Waals surface area contributed by atoms with E-state index in [1.54, 1.807) is 31.2 Å². The van der Waals surface area contributed by atoms with Gasteiger partial charge >= 0.3 is 0 Å². The molecule has 1 amide bonds. The standard InChI is InChI=1S/C17H19FN2O3S/c1-2-17(21)20-15-7-9-16(10-8-15)24(22,23)19-12-11-13-3-5-14(18)6-4-13/h3-10,19H,2,11-12H2,1H3,(H,20,21). The number of anilines is 1. The smallest absolute Gasteiger partial charge is 0.240 e. The normalized spacial score (nSPS) is 11.2. The molecular formula is C17H19FN2O3S. The van der Waals surface area contributed by atoms with Crippen molar-refractivity contribution in [1.29, 1.82) is 0 Å². The minimum atomic E-state index is -3.63. The molecule has 2 aromatic carbocycles. The van der Waals surface area contributed by atoms with Gasteiger partial charge < -0.3 is 5.32 Å². The Morgan fingerprint density at radius 2 is 1.67 bits per heavy atom. The molecule has 0 aliphatic rings. The van der Waals surface area contributed by atoms with Crippen molar-refractivity contribution in [2.75, 3.05) is 11.9 Å². The van der Waals surface area contributed by atoms with Crippen molar-refractivity contribution in [3.63, 3.8) is 0 Å². The molecule has 0 aliphatic carbocycles. The first-order valence-electron chi connectivity index (χ1n) is 7.55. The Hall–Kier alpha value is -2.25. The van der Waals surface area contributed by atoms with Gasteiger partial charge in [-0.25, -0.2) is 17.5 Å². The number of carbonyl (C=O) groups excluding carboxylic acids is 1. The van der Waals surface area contributed by atoms with Gasteiger partial charge in [0.15, 0.2) is 0 Å². The van der Waals surface area contributed by atoms with E-state index >= 15 is 0 Å². The molecule has 0 fully saturated rings. The van der Waals surface area contributed by atoms with E-state index in [1.807, 2.05) is 0 Å². The molecule has 0 saturated carbocycles. The number of carbonyl (C=O) groups is 1. The van der Waals surface area contributed by atoms with Crippen molar-refractivity contribution < 1.29 is 17.6 Å². The van der Waals surface area contributed by atoms with Gasteiger partial charge in [-0.1, -0.05) is 19.1 Å². The molecule has 0 unspecified atom stereocenters. The van der Waals surface area contributed by atoms with Crippen molar-refractivity contribution in [2.24, 2.45) is 0 Å². The quantitative estimate of drug-likeness (QED) is 0.806. The summed E-state index contributed by atoms with van der Waals surface area (Å²) in [6, 6.07) is 11.9. The summed E-state index contributed by atoms with van der Waals surface area (Å²) in [6.45, 7) is 1.95. The topological polar surface area (TPSA) is 75.3 Å². The summed E-state index contributed by atoms with van der Waals surface area (Å²) in [5.74, 6) is -0.461. The van der Waals surface area contributed by atoms with Gasteiger partial charge in [0.1, 0.15) is 5.82 Å². The molecule has 0 saturated heterocycles. The fraction of sp³-hybridized carbons (Fsp3) is 0.235. The van der Waals surface area contributed by atoms with Gasteiger partial charge in [-0.2, -0.15) is 0 Å². The molecule has 0 atom stereocenters. The van der Waals surface area contributed by atoms with E-state index in [0.29, 0.717) is 18.5 Å². The van der Waals surface area contributed by atoms with Gasteiger partial charge in [-0.3, -0.25) is 4.79 Å². The number of halogens is 1. The van der Waals surface area contributed by atoms with E-state index in [4.69, 9.17) is 0 Å². The van der Waals surface area contributed by atoms with Crippen molar-refractivity contribution >= 4 is 21.6 Å². The van der Waals surface area contributed by atoms with Crippen LogP contribution in [0.4, 0.5) is 10.1 Å². The molecule has 0 spiro atoms. The highest BCUT2D eigenvalue weighted by atomic mass is 32.2. The zero-order valence-corrected chi connectivity index (χ0v) is 14.1. The van der Waals surface area contributed by atoms with Crippen LogP contribution in [0.25, 0.3) is 0 Å². The summed E-state index contributed by atoms with van der Waals surface area (Å²) < 4.78 is 39.7. The van der Waals surface area contributed by atoms with E-state index in [0.717, 1.165) is 5.56 Å². The van der Waals surface area contributed by atoms with Crippen LogP contribution in [0.1, 0.15) is 18.9 Å². The van der Waals surface area contributed by atoms with Crippen molar-refractivity contribution in [3.8, 4) is 0 Å². The molecule has 0 aromatic heterocycles. The second-order valence-corrected chi connectivity index (χ2v) is 6.97. The van der Waals surface area contributed by atoms with E-state index in [9.17, 15) is 17.6 Å².